The summed E-state index contributed by atoms with van der Waals surface area (Å²) in [5.41, 5.74) is 6.98. The molecule has 0 unspecified atom stereocenters. The number of hydrogen-bond donors (Lipinski definition) is 1. The van der Waals surface area contributed by atoms with Crippen LogP contribution in [0.4, 0.5) is 5.69 Å². The third-order valence-electron chi connectivity index (χ3n) is 2.69. The highest BCUT2D eigenvalue weighted by Gasteiger charge is 2.18. The van der Waals surface area contributed by atoms with Gasteiger partial charge in [0.05, 0.1) is 17.7 Å². The van der Waals surface area contributed by atoms with Crippen LogP contribution in [0.5, 0.6) is 5.75 Å². The van der Waals surface area contributed by atoms with E-state index in [9.17, 15) is 4.79 Å². The third kappa shape index (κ3) is 2.74. The van der Waals surface area contributed by atoms with Gasteiger partial charge in [-0.2, -0.15) is 0 Å². The van der Waals surface area contributed by atoms with Crippen molar-refractivity contribution >= 4 is 39.0 Å². The highest BCUT2D eigenvalue weighted by Crippen LogP contribution is 2.29. The summed E-state index contributed by atoms with van der Waals surface area (Å²) < 4.78 is 5.73. The minimum atomic E-state index is -0.224. The Bertz CT molecular complexity index is 623. The van der Waals surface area contributed by atoms with E-state index in [2.05, 4.69) is 15.9 Å². The maximum Gasteiger partial charge on any atom is 0.197 e. The van der Waals surface area contributed by atoms with E-state index in [0.717, 1.165) is 0 Å². The second-order valence-electron chi connectivity index (χ2n) is 3.88. The topological polar surface area (TPSA) is 52.3 Å². The number of halogens is 2. The quantitative estimate of drug-likeness (QED) is 0.680. The predicted molar refractivity (Wildman–Crippen MR) is 80.0 cm³/mol. The molecule has 0 aliphatic carbocycles. The zero-order valence-electron chi connectivity index (χ0n) is 10.1. The van der Waals surface area contributed by atoms with Crippen molar-refractivity contribution in [3.63, 3.8) is 0 Å². The van der Waals surface area contributed by atoms with E-state index in [1.54, 1.807) is 43.5 Å². The molecule has 0 saturated carbocycles. The molecular formula is C14H11BrClNO2. The molecule has 19 heavy (non-hydrogen) atoms. The van der Waals surface area contributed by atoms with Crippen molar-refractivity contribution < 1.29 is 9.53 Å². The highest BCUT2D eigenvalue weighted by molar-refractivity contribution is 9.10. The number of benzene rings is 2. The Morgan fingerprint density at radius 2 is 2.05 bits per heavy atom. The van der Waals surface area contributed by atoms with E-state index in [1.807, 2.05) is 0 Å². The largest absolute Gasteiger partial charge is 0.497 e. The van der Waals surface area contributed by atoms with Crippen LogP contribution in [0.2, 0.25) is 5.02 Å². The summed E-state index contributed by atoms with van der Waals surface area (Å²) in [7, 11) is 1.56. The van der Waals surface area contributed by atoms with Gasteiger partial charge in [0.15, 0.2) is 5.78 Å². The van der Waals surface area contributed by atoms with Gasteiger partial charge in [0.25, 0.3) is 0 Å². The normalized spacial score (nSPS) is 10.3. The van der Waals surface area contributed by atoms with Crippen molar-refractivity contribution in [1.29, 1.82) is 0 Å². The molecule has 0 fully saturated rings. The maximum atomic E-state index is 12.5. The Morgan fingerprint density at radius 3 is 2.63 bits per heavy atom. The van der Waals surface area contributed by atoms with Crippen molar-refractivity contribution in [1.82, 2.24) is 0 Å². The minimum Gasteiger partial charge on any atom is -0.497 e. The Kier molecular flexibility index (Phi) is 4.12. The van der Waals surface area contributed by atoms with Gasteiger partial charge in [0.2, 0.25) is 0 Å². The van der Waals surface area contributed by atoms with E-state index in [1.165, 1.54) is 0 Å². The zero-order chi connectivity index (χ0) is 14.0. The predicted octanol–water partition coefficient (Wildman–Crippen LogP) is 3.92. The first-order valence-electron chi connectivity index (χ1n) is 5.47. The molecule has 0 aliphatic heterocycles. The lowest BCUT2D eigenvalue weighted by atomic mass is 10.0. The summed E-state index contributed by atoms with van der Waals surface area (Å²) in [5.74, 6) is 0.438. The number of ether oxygens (including phenoxy) is 1. The average molecular weight is 341 g/mol. The fourth-order valence-electron chi connectivity index (χ4n) is 1.72. The number of nitrogens with two attached hydrogens (primary N) is 1. The van der Waals surface area contributed by atoms with Crippen LogP contribution in [0.15, 0.2) is 40.9 Å². The summed E-state index contributed by atoms with van der Waals surface area (Å²) >= 11 is 9.39. The van der Waals surface area contributed by atoms with Gasteiger partial charge in [0, 0.05) is 15.7 Å². The van der Waals surface area contributed by atoms with Crippen molar-refractivity contribution in [2.45, 2.75) is 0 Å². The van der Waals surface area contributed by atoms with E-state index < -0.39 is 0 Å². The molecule has 2 aromatic rings. The molecule has 0 saturated heterocycles. The van der Waals surface area contributed by atoms with Gasteiger partial charge in [-0.1, -0.05) is 17.7 Å². The van der Waals surface area contributed by atoms with Gasteiger partial charge in [-0.3, -0.25) is 4.79 Å². The lowest BCUT2D eigenvalue weighted by molar-refractivity contribution is 0.103. The second kappa shape index (κ2) is 5.63. The third-order valence-corrected chi connectivity index (χ3v) is 3.66. The van der Waals surface area contributed by atoms with Crippen LogP contribution in [-0.2, 0) is 0 Å². The van der Waals surface area contributed by atoms with Crippen LogP contribution in [-0.4, -0.2) is 12.9 Å². The van der Waals surface area contributed by atoms with Crippen LogP contribution >= 0.6 is 27.5 Å². The monoisotopic (exact) mass is 339 g/mol. The van der Waals surface area contributed by atoms with Crippen molar-refractivity contribution in [2.24, 2.45) is 0 Å². The molecule has 0 spiro atoms. The molecule has 0 bridgehead atoms. The van der Waals surface area contributed by atoms with Crippen molar-refractivity contribution in [2.75, 3.05) is 12.8 Å². The van der Waals surface area contributed by atoms with Crippen molar-refractivity contribution in [3.8, 4) is 5.75 Å². The molecule has 5 heteroatoms. The smallest absolute Gasteiger partial charge is 0.197 e. The summed E-state index contributed by atoms with van der Waals surface area (Å²) in [4.78, 5) is 12.5. The lowest BCUT2D eigenvalue weighted by Crippen LogP contribution is -2.07. The maximum absolute atomic E-state index is 12.5. The fraction of sp³-hybridized carbons (Fsp3) is 0.0714. The van der Waals surface area contributed by atoms with E-state index in [4.69, 9.17) is 22.1 Å². The minimum absolute atomic E-state index is 0.224. The molecule has 0 amide bonds. The Hall–Kier alpha value is -1.52. The van der Waals surface area contributed by atoms with E-state index in [0.29, 0.717) is 32.1 Å². The number of carbonyl (C=O) groups is 1. The van der Waals surface area contributed by atoms with E-state index in [-0.39, 0.29) is 5.78 Å². The van der Waals surface area contributed by atoms with Crippen LogP contribution in [0.1, 0.15) is 15.9 Å². The summed E-state index contributed by atoms with van der Waals surface area (Å²) in [6.45, 7) is 0. The van der Waals surface area contributed by atoms with Crippen molar-refractivity contribution in [3.05, 3.63) is 57.0 Å². The number of carbonyl (C=O) groups excluding carboxylic acids is 1. The van der Waals surface area contributed by atoms with Crippen LogP contribution < -0.4 is 10.5 Å². The van der Waals surface area contributed by atoms with Gasteiger partial charge >= 0.3 is 0 Å². The molecule has 3 nitrogen and oxygen atoms in total. The molecule has 0 aliphatic rings. The summed E-state index contributed by atoms with van der Waals surface area (Å²) in [6, 6.07) is 10.1. The van der Waals surface area contributed by atoms with Gasteiger partial charge in [-0.25, -0.2) is 0 Å². The first-order chi connectivity index (χ1) is 9.04. The Labute approximate surface area is 124 Å². The summed E-state index contributed by atoms with van der Waals surface area (Å²) in [6.07, 6.45) is 0. The first kappa shape index (κ1) is 13.9. The number of anilines is 1. The SMILES string of the molecule is COc1ccc(C(=O)c2c(N)cccc2Cl)c(Br)c1. The van der Waals surface area contributed by atoms with Gasteiger partial charge < -0.3 is 10.5 Å². The number of rotatable bonds is 3. The number of methoxy groups -OCH3 is 1. The summed E-state index contributed by atoms with van der Waals surface area (Å²) in [5, 5.41) is 0.340. The molecule has 2 aromatic carbocycles. The molecule has 2 N–H and O–H groups in total. The number of hydrogen-bond acceptors (Lipinski definition) is 3. The Balaban J connectivity index is 2.51. The van der Waals surface area contributed by atoms with Crippen LogP contribution in [0.25, 0.3) is 0 Å². The van der Waals surface area contributed by atoms with E-state index >= 15 is 0 Å². The first-order valence-corrected chi connectivity index (χ1v) is 6.64. The second-order valence-corrected chi connectivity index (χ2v) is 5.14. The molecule has 0 radical (unpaired) electrons. The molecule has 0 heterocycles. The molecule has 0 aromatic heterocycles. The fourth-order valence-corrected chi connectivity index (χ4v) is 2.53. The van der Waals surface area contributed by atoms with Gasteiger partial charge in [0.1, 0.15) is 5.75 Å². The molecule has 0 atom stereocenters. The average Bonchev–Trinajstić information content (AvgIpc) is 2.38. The number of ketones is 1. The van der Waals surface area contributed by atoms with Gasteiger partial charge in [-0.15, -0.1) is 0 Å². The molecule has 2 rings (SSSR count). The number of nitrogen functional groups attached to an aromatic ring is 1. The standard InChI is InChI=1S/C14H11BrClNO2/c1-19-8-5-6-9(10(15)7-8)14(18)13-11(16)3-2-4-12(13)17/h2-7H,17H2,1H3. The zero-order valence-corrected chi connectivity index (χ0v) is 12.5. The Morgan fingerprint density at radius 1 is 1.32 bits per heavy atom. The van der Waals surface area contributed by atoms with Crippen LogP contribution in [0.3, 0.4) is 0 Å². The molecular weight excluding hydrogens is 330 g/mol. The molecule has 98 valence electrons. The highest BCUT2D eigenvalue weighted by atomic mass is 79.9. The van der Waals surface area contributed by atoms with Crippen LogP contribution in [0, 0.1) is 0 Å². The lowest BCUT2D eigenvalue weighted by Gasteiger charge is -2.09. The van der Waals surface area contributed by atoms with Gasteiger partial charge in [-0.05, 0) is 46.3 Å².